The van der Waals surface area contributed by atoms with Gasteiger partial charge in [-0.3, -0.25) is 10.1 Å². The highest BCUT2D eigenvalue weighted by molar-refractivity contribution is 7.16. The SMILES string of the molecule is CCOc1ccc(C(=O)Nc2nc(-c3ccc(OC)cc3)c(C)s2)cc1OCC. The van der Waals surface area contributed by atoms with Crippen molar-refractivity contribution in [1.29, 1.82) is 0 Å². The maximum atomic E-state index is 12.7. The number of methoxy groups -OCH3 is 1. The fraction of sp³-hybridized carbons (Fsp3) is 0.273. The lowest BCUT2D eigenvalue weighted by Gasteiger charge is -2.12. The minimum Gasteiger partial charge on any atom is -0.497 e. The lowest BCUT2D eigenvalue weighted by molar-refractivity contribution is 0.102. The normalized spacial score (nSPS) is 10.5. The molecule has 1 aromatic heterocycles. The zero-order valence-electron chi connectivity index (χ0n) is 16.9. The van der Waals surface area contributed by atoms with Crippen molar-refractivity contribution < 1.29 is 19.0 Å². The van der Waals surface area contributed by atoms with Crippen molar-refractivity contribution in [2.24, 2.45) is 0 Å². The Morgan fingerprint density at radius 1 is 1.03 bits per heavy atom. The average molecular weight is 413 g/mol. The van der Waals surface area contributed by atoms with Crippen LogP contribution in [0.4, 0.5) is 5.13 Å². The topological polar surface area (TPSA) is 69.7 Å². The van der Waals surface area contributed by atoms with Gasteiger partial charge in [-0.15, -0.1) is 11.3 Å². The Hall–Kier alpha value is -3.06. The van der Waals surface area contributed by atoms with Gasteiger partial charge in [0.2, 0.25) is 0 Å². The second-order valence-electron chi connectivity index (χ2n) is 6.13. The summed E-state index contributed by atoms with van der Waals surface area (Å²) in [5.74, 6) is 1.72. The molecule has 2 aromatic carbocycles. The average Bonchev–Trinajstić information content (AvgIpc) is 3.09. The molecule has 0 spiro atoms. The molecular weight excluding hydrogens is 388 g/mol. The molecule has 1 heterocycles. The van der Waals surface area contributed by atoms with Gasteiger partial charge in [0, 0.05) is 16.0 Å². The number of ether oxygens (including phenoxy) is 3. The van der Waals surface area contributed by atoms with Gasteiger partial charge in [0.25, 0.3) is 5.91 Å². The van der Waals surface area contributed by atoms with Crippen LogP contribution in [0.5, 0.6) is 17.2 Å². The van der Waals surface area contributed by atoms with Crippen LogP contribution >= 0.6 is 11.3 Å². The standard InChI is InChI=1S/C22H24N2O4S/c1-5-27-18-12-9-16(13-19(18)28-6-2)21(25)24-22-23-20(14(3)29-22)15-7-10-17(26-4)11-8-15/h7-13H,5-6H2,1-4H3,(H,23,24,25). The number of amides is 1. The lowest BCUT2D eigenvalue weighted by atomic mass is 10.1. The van der Waals surface area contributed by atoms with Crippen LogP contribution in [0.2, 0.25) is 0 Å². The highest BCUT2D eigenvalue weighted by Crippen LogP contribution is 2.32. The Morgan fingerprint density at radius 3 is 2.38 bits per heavy atom. The predicted octanol–water partition coefficient (Wildman–Crippen LogP) is 5.18. The maximum Gasteiger partial charge on any atom is 0.257 e. The van der Waals surface area contributed by atoms with Crippen molar-refractivity contribution in [3.63, 3.8) is 0 Å². The van der Waals surface area contributed by atoms with Crippen molar-refractivity contribution >= 4 is 22.4 Å². The van der Waals surface area contributed by atoms with Gasteiger partial charge in [-0.05, 0) is 63.2 Å². The van der Waals surface area contributed by atoms with Gasteiger partial charge in [-0.25, -0.2) is 4.98 Å². The van der Waals surface area contributed by atoms with Crippen LogP contribution in [-0.2, 0) is 0 Å². The third-order valence-electron chi connectivity index (χ3n) is 4.19. The molecule has 0 atom stereocenters. The number of aryl methyl sites for hydroxylation is 1. The molecule has 1 amide bonds. The van der Waals surface area contributed by atoms with Crippen LogP contribution in [-0.4, -0.2) is 31.2 Å². The van der Waals surface area contributed by atoms with E-state index in [0.29, 0.717) is 35.4 Å². The van der Waals surface area contributed by atoms with Gasteiger partial charge >= 0.3 is 0 Å². The van der Waals surface area contributed by atoms with Crippen LogP contribution in [0.25, 0.3) is 11.3 Å². The molecule has 0 unspecified atom stereocenters. The van der Waals surface area contributed by atoms with Crippen LogP contribution in [0.1, 0.15) is 29.1 Å². The van der Waals surface area contributed by atoms with Crippen LogP contribution in [0.15, 0.2) is 42.5 Å². The van der Waals surface area contributed by atoms with Crippen molar-refractivity contribution in [3.05, 3.63) is 52.9 Å². The Kier molecular flexibility index (Phi) is 6.72. The first-order chi connectivity index (χ1) is 14.0. The minimum absolute atomic E-state index is 0.246. The van der Waals surface area contributed by atoms with E-state index in [0.717, 1.165) is 21.9 Å². The number of thiazole rings is 1. The molecule has 0 aliphatic rings. The Balaban J connectivity index is 1.79. The zero-order chi connectivity index (χ0) is 20.8. The number of aromatic nitrogens is 1. The maximum absolute atomic E-state index is 12.7. The van der Waals surface area contributed by atoms with E-state index in [1.807, 2.05) is 45.0 Å². The van der Waals surface area contributed by atoms with E-state index in [1.165, 1.54) is 11.3 Å². The van der Waals surface area contributed by atoms with E-state index < -0.39 is 0 Å². The molecule has 0 saturated carbocycles. The largest absolute Gasteiger partial charge is 0.497 e. The van der Waals surface area contributed by atoms with Gasteiger partial charge in [0.15, 0.2) is 16.6 Å². The molecule has 0 radical (unpaired) electrons. The molecule has 3 rings (SSSR count). The highest BCUT2D eigenvalue weighted by Gasteiger charge is 2.15. The molecule has 29 heavy (non-hydrogen) atoms. The molecule has 3 aromatic rings. The third kappa shape index (κ3) is 4.86. The van der Waals surface area contributed by atoms with E-state index in [9.17, 15) is 4.79 Å². The lowest BCUT2D eigenvalue weighted by Crippen LogP contribution is -2.12. The molecule has 6 nitrogen and oxygen atoms in total. The van der Waals surface area contributed by atoms with Crippen molar-refractivity contribution in [2.45, 2.75) is 20.8 Å². The van der Waals surface area contributed by atoms with Crippen molar-refractivity contribution in [2.75, 3.05) is 25.6 Å². The number of anilines is 1. The second kappa shape index (κ2) is 9.43. The number of nitrogens with one attached hydrogen (secondary N) is 1. The van der Waals surface area contributed by atoms with Crippen molar-refractivity contribution in [3.8, 4) is 28.5 Å². The number of hydrogen-bond donors (Lipinski definition) is 1. The summed E-state index contributed by atoms with van der Waals surface area (Å²) in [6.45, 7) is 6.79. The predicted molar refractivity (Wildman–Crippen MR) is 116 cm³/mol. The monoisotopic (exact) mass is 412 g/mol. The number of carbonyl (C=O) groups excluding carboxylic acids is 1. The van der Waals surface area contributed by atoms with Crippen LogP contribution < -0.4 is 19.5 Å². The summed E-state index contributed by atoms with van der Waals surface area (Å²) in [7, 11) is 1.63. The zero-order valence-corrected chi connectivity index (χ0v) is 17.8. The number of rotatable bonds is 8. The molecule has 0 aliphatic heterocycles. The van der Waals surface area contributed by atoms with E-state index >= 15 is 0 Å². The second-order valence-corrected chi connectivity index (χ2v) is 7.34. The van der Waals surface area contributed by atoms with Gasteiger partial charge in [-0.2, -0.15) is 0 Å². The number of nitrogens with zero attached hydrogens (tertiary/aromatic N) is 1. The molecular formula is C22H24N2O4S. The van der Waals surface area contributed by atoms with E-state index in [-0.39, 0.29) is 5.91 Å². The smallest absolute Gasteiger partial charge is 0.257 e. The summed E-state index contributed by atoms with van der Waals surface area (Å²) in [6.07, 6.45) is 0. The summed E-state index contributed by atoms with van der Waals surface area (Å²) in [6, 6.07) is 12.8. The van der Waals surface area contributed by atoms with E-state index in [1.54, 1.807) is 25.3 Å². The number of benzene rings is 2. The summed E-state index contributed by atoms with van der Waals surface area (Å²) >= 11 is 1.44. The van der Waals surface area contributed by atoms with Crippen LogP contribution in [0.3, 0.4) is 0 Å². The molecule has 0 bridgehead atoms. The molecule has 1 N–H and O–H groups in total. The van der Waals surface area contributed by atoms with E-state index in [4.69, 9.17) is 14.2 Å². The molecule has 152 valence electrons. The Bertz CT molecular complexity index is 983. The van der Waals surface area contributed by atoms with Gasteiger partial charge in [0.05, 0.1) is 26.0 Å². The van der Waals surface area contributed by atoms with E-state index in [2.05, 4.69) is 10.3 Å². The molecule has 0 saturated heterocycles. The Labute approximate surface area is 174 Å². The summed E-state index contributed by atoms with van der Waals surface area (Å²) in [5, 5.41) is 3.43. The Morgan fingerprint density at radius 2 is 1.72 bits per heavy atom. The first kappa shape index (κ1) is 20.7. The molecule has 0 fully saturated rings. The number of hydrogen-bond acceptors (Lipinski definition) is 6. The summed E-state index contributed by atoms with van der Waals surface area (Å²) in [4.78, 5) is 18.3. The highest BCUT2D eigenvalue weighted by atomic mass is 32.1. The fourth-order valence-electron chi connectivity index (χ4n) is 2.83. The van der Waals surface area contributed by atoms with Crippen LogP contribution in [0, 0.1) is 6.92 Å². The van der Waals surface area contributed by atoms with Gasteiger partial charge < -0.3 is 14.2 Å². The quantitative estimate of drug-likeness (QED) is 0.552. The third-order valence-corrected chi connectivity index (χ3v) is 5.07. The van der Waals surface area contributed by atoms with Crippen molar-refractivity contribution in [1.82, 2.24) is 4.98 Å². The van der Waals surface area contributed by atoms with Gasteiger partial charge in [0.1, 0.15) is 5.75 Å². The fourth-order valence-corrected chi connectivity index (χ4v) is 3.66. The first-order valence-electron chi connectivity index (χ1n) is 9.38. The summed E-state index contributed by atoms with van der Waals surface area (Å²) in [5.41, 5.74) is 2.30. The molecule has 7 heteroatoms. The minimum atomic E-state index is -0.246. The first-order valence-corrected chi connectivity index (χ1v) is 10.2. The summed E-state index contributed by atoms with van der Waals surface area (Å²) < 4.78 is 16.4. The van der Waals surface area contributed by atoms with Gasteiger partial charge in [-0.1, -0.05) is 0 Å². The number of carbonyl (C=O) groups is 1. The molecule has 0 aliphatic carbocycles.